The molecule has 0 fully saturated rings. The molecule has 0 radical (unpaired) electrons. The van der Waals surface area contributed by atoms with Crippen LogP contribution < -0.4 is 14.8 Å². The Morgan fingerprint density at radius 1 is 1.32 bits per heavy atom. The minimum absolute atomic E-state index is 0.0444. The number of para-hydroxylation sites is 2. The zero-order valence-electron chi connectivity index (χ0n) is 13.4. The molecule has 2 atom stereocenters. The number of fused-ring (bicyclic) bond motifs is 1. The summed E-state index contributed by atoms with van der Waals surface area (Å²) in [5, 5.41) is 3.51. The van der Waals surface area contributed by atoms with Crippen LogP contribution in [0.5, 0.6) is 11.5 Å². The molecule has 1 aliphatic heterocycles. The van der Waals surface area contributed by atoms with E-state index in [0.29, 0.717) is 12.6 Å². The van der Waals surface area contributed by atoms with Crippen LogP contribution in [-0.2, 0) is 6.54 Å². The van der Waals surface area contributed by atoms with Crippen molar-refractivity contribution in [2.75, 3.05) is 13.2 Å². The zero-order chi connectivity index (χ0) is 15.5. The molecule has 0 saturated heterocycles. The first-order valence-corrected chi connectivity index (χ1v) is 7.73. The maximum atomic E-state index is 5.95. The van der Waals surface area contributed by atoms with Gasteiger partial charge in [0.15, 0.2) is 11.5 Å². The molecule has 22 heavy (non-hydrogen) atoms. The van der Waals surface area contributed by atoms with E-state index in [1.54, 1.807) is 0 Å². The second-order valence-corrected chi connectivity index (χ2v) is 5.87. The van der Waals surface area contributed by atoms with Crippen molar-refractivity contribution in [3.05, 3.63) is 42.0 Å². The molecule has 5 nitrogen and oxygen atoms in total. The number of hydrogen-bond donors (Lipinski definition) is 1. The highest BCUT2D eigenvalue weighted by Gasteiger charge is 2.20. The van der Waals surface area contributed by atoms with Gasteiger partial charge in [-0.05, 0) is 32.9 Å². The van der Waals surface area contributed by atoms with Crippen molar-refractivity contribution < 1.29 is 9.47 Å². The second-order valence-electron chi connectivity index (χ2n) is 5.87. The number of ether oxygens (including phenoxy) is 2. The van der Waals surface area contributed by atoms with Gasteiger partial charge in [-0.25, -0.2) is 4.98 Å². The Bertz CT molecular complexity index is 639. The molecule has 2 aromatic rings. The molecule has 5 heteroatoms. The van der Waals surface area contributed by atoms with Crippen molar-refractivity contribution in [3.63, 3.8) is 0 Å². The van der Waals surface area contributed by atoms with E-state index in [4.69, 9.17) is 9.47 Å². The summed E-state index contributed by atoms with van der Waals surface area (Å²) < 4.78 is 13.9. The van der Waals surface area contributed by atoms with Crippen LogP contribution in [0, 0.1) is 13.8 Å². The summed E-state index contributed by atoms with van der Waals surface area (Å²) >= 11 is 0. The van der Waals surface area contributed by atoms with Gasteiger partial charge in [0.05, 0.1) is 12.0 Å². The highest BCUT2D eigenvalue weighted by atomic mass is 16.6. The SMILES string of the molecule is Cc1ncn(C[C@@H](C)NC[C@@H]2COc3ccccc3O2)c1C. The van der Waals surface area contributed by atoms with E-state index < -0.39 is 0 Å². The molecule has 0 aliphatic carbocycles. The Balaban J connectivity index is 1.50. The second kappa shape index (κ2) is 6.40. The van der Waals surface area contributed by atoms with Crippen LogP contribution in [0.3, 0.4) is 0 Å². The summed E-state index contributed by atoms with van der Waals surface area (Å²) in [7, 11) is 0. The Morgan fingerprint density at radius 3 is 2.82 bits per heavy atom. The van der Waals surface area contributed by atoms with Gasteiger partial charge in [0.2, 0.25) is 0 Å². The number of aryl methyl sites for hydroxylation is 1. The fourth-order valence-corrected chi connectivity index (χ4v) is 2.58. The van der Waals surface area contributed by atoms with E-state index in [9.17, 15) is 0 Å². The van der Waals surface area contributed by atoms with Gasteiger partial charge in [-0.1, -0.05) is 12.1 Å². The van der Waals surface area contributed by atoms with Crippen LogP contribution in [-0.4, -0.2) is 34.8 Å². The lowest BCUT2D eigenvalue weighted by Crippen LogP contribution is -2.42. The molecular formula is C17H23N3O2. The third kappa shape index (κ3) is 3.25. The molecule has 1 aromatic carbocycles. The first-order valence-electron chi connectivity index (χ1n) is 7.73. The zero-order valence-corrected chi connectivity index (χ0v) is 13.4. The van der Waals surface area contributed by atoms with Gasteiger partial charge in [-0.3, -0.25) is 0 Å². The lowest BCUT2D eigenvalue weighted by atomic mass is 10.2. The van der Waals surface area contributed by atoms with E-state index in [0.717, 1.165) is 30.3 Å². The smallest absolute Gasteiger partial charge is 0.161 e. The van der Waals surface area contributed by atoms with Crippen LogP contribution in [0.2, 0.25) is 0 Å². The monoisotopic (exact) mass is 301 g/mol. The van der Waals surface area contributed by atoms with Gasteiger partial charge < -0.3 is 19.4 Å². The quantitative estimate of drug-likeness (QED) is 0.921. The number of rotatable bonds is 5. The molecular weight excluding hydrogens is 278 g/mol. The lowest BCUT2D eigenvalue weighted by molar-refractivity contribution is 0.0881. The highest BCUT2D eigenvalue weighted by molar-refractivity contribution is 5.40. The van der Waals surface area contributed by atoms with E-state index >= 15 is 0 Å². The van der Waals surface area contributed by atoms with Crippen molar-refractivity contribution in [1.82, 2.24) is 14.9 Å². The van der Waals surface area contributed by atoms with Crippen molar-refractivity contribution in [2.45, 2.75) is 39.5 Å². The van der Waals surface area contributed by atoms with Crippen molar-refractivity contribution in [2.24, 2.45) is 0 Å². The van der Waals surface area contributed by atoms with E-state index in [2.05, 4.69) is 28.7 Å². The van der Waals surface area contributed by atoms with Gasteiger partial charge in [0, 0.05) is 24.8 Å². The van der Waals surface area contributed by atoms with Gasteiger partial charge in [-0.15, -0.1) is 0 Å². The number of benzene rings is 1. The van der Waals surface area contributed by atoms with Crippen LogP contribution in [0.4, 0.5) is 0 Å². The normalized spacial score (nSPS) is 18.2. The molecule has 0 bridgehead atoms. The Morgan fingerprint density at radius 2 is 2.09 bits per heavy atom. The summed E-state index contributed by atoms with van der Waals surface area (Å²) in [4.78, 5) is 4.33. The summed E-state index contributed by atoms with van der Waals surface area (Å²) in [6.45, 7) is 8.56. The van der Waals surface area contributed by atoms with Crippen LogP contribution in [0.15, 0.2) is 30.6 Å². The first kappa shape index (κ1) is 14.9. The summed E-state index contributed by atoms with van der Waals surface area (Å²) in [6, 6.07) is 8.14. The third-order valence-electron chi connectivity index (χ3n) is 4.08. The third-order valence-corrected chi connectivity index (χ3v) is 4.08. The standard InChI is InChI=1S/C17H23N3O2/c1-12(9-20-11-19-13(2)14(20)3)18-8-15-10-21-16-6-4-5-7-17(16)22-15/h4-7,11-12,15,18H,8-10H2,1-3H3/t12-,15-/m1/s1. The van der Waals surface area contributed by atoms with E-state index in [1.807, 2.05) is 37.5 Å². The molecule has 1 aliphatic rings. The minimum atomic E-state index is 0.0444. The van der Waals surface area contributed by atoms with E-state index in [-0.39, 0.29) is 6.10 Å². The molecule has 1 aromatic heterocycles. The van der Waals surface area contributed by atoms with Crippen molar-refractivity contribution in [1.29, 1.82) is 0 Å². The van der Waals surface area contributed by atoms with Gasteiger partial charge in [0.25, 0.3) is 0 Å². The molecule has 2 heterocycles. The Labute approximate surface area is 131 Å². The minimum Gasteiger partial charge on any atom is -0.486 e. The topological polar surface area (TPSA) is 48.3 Å². The van der Waals surface area contributed by atoms with Gasteiger partial charge >= 0.3 is 0 Å². The number of hydrogen-bond acceptors (Lipinski definition) is 4. The van der Waals surface area contributed by atoms with Crippen molar-refractivity contribution >= 4 is 0 Å². The Hall–Kier alpha value is -2.01. The highest BCUT2D eigenvalue weighted by Crippen LogP contribution is 2.30. The fourth-order valence-electron chi connectivity index (χ4n) is 2.58. The number of imidazole rings is 1. The predicted molar refractivity (Wildman–Crippen MR) is 85.5 cm³/mol. The lowest BCUT2D eigenvalue weighted by Gasteiger charge is -2.27. The van der Waals surface area contributed by atoms with Crippen LogP contribution >= 0.6 is 0 Å². The molecule has 118 valence electrons. The maximum absolute atomic E-state index is 5.95. The number of nitrogens with one attached hydrogen (secondary N) is 1. The summed E-state index contributed by atoms with van der Waals surface area (Å²) in [5.41, 5.74) is 2.31. The molecule has 3 rings (SSSR count). The van der Waals surface area contributed by atoms with E-state index in [1.165, 1.54) is 5.69 Å². The summed E-state index contributed by atoms with van der Waals surface area (Å²) in [5.74, 6) is 1.66. The first-order chi connectivity index (χ1) is 10.6. The van der Waals surface area contributed by atoms with Gasteiger partial charge in [0.1, 0.15) is 12.7 Å². The van der Waals surface area contributed by atoms with Crippen LogP contribution in [0.25, 0.3) is 0 Å². The van der Waals surface area contributed by atoms with Gasteiger partial charge in [-0.2, -0.15) is 0 Å². The maximum Gasteiger partial charge on any atom is 0.161 e. The van der Waals surface area contributed by atoms with Crippen molar-refractivity contribution in [3.8, 4) is 11.5 Å². The molecule has 1 N–H and O–H groups in total. The molecule has 0 amide bonds. The number of nitrogens with zero attached hydrogens (tertiary/aromatic N) is 2. The Kier molecular flexibility index (Phi) is 4.34. The molecule has 0 unspecified atom stereocenters. The summed E-state index contributed by atoms with van der Waals surface area (Å²) in [6.07, 6.45) is 1.95. The van der Waals surface area contributed by atoms with Crippen LogP contribution in [0.1, 0.15) is 18.3 Å². The molecule has 0 spiro atoms. The fraction of sp³-hybridized carbons (Fsp3) is 0.471. The average molecular weight is 301 g/mol. The number of aromatic nitrogens is 2. The molecule has 0 saturated carbocycles. The predicted octanol–water partition coefficient (Wildman–Crippen LogP) is 2.32. The average Bonchev–Trinajstić information content (AvgIpc) is 2.85. The largest absolute Gasteiger partial charge is 0.486 e.